The van der Waals surface area contributed by atoms with E-state index < -0.39 is 0 Å². The Morgan fingerprint density at radius 3 is 2.60 bits per heavy atom. The van der Waals surface area contributed by atoms with Crippen molar-refractivity contribution < 1.29 is 19.4 Å². The molecule has 8 heteroatoms. The van der Waals surface area contributed by atoms with Crippen LogP contribution in [0.25, 0.3) is 10.8 Å². The summed E-state index contributed by atoms with van der Waals surface area (Å²) in [5.41, 5.74) is 2.02. The molecule has 3 aromatic carbocycles. The van der Waals surface area contributed by atoms with Gasteiger partial charge in [-0.1, -0.05) is 62.6 Å². The fourth-order valence-corrected chi connectivity index (χ4v) is 6.54. The molecule has 1 saturated carbocycles. The molecular weight excluding hydrogens is 540 g/mol. The maximum absolute atomic E-state index is 13.6. The number of aliphatic hydroxyl groups excluding tert-OH is 1. The van der Waals surface area contributed by atoms with Gasteiger partial charge in [0.05, 0.1) is 24.8 Å². The minimum atomic E-state index is -0.363. The van der Waals surface area contributed by atoms with E-state index in [4.69, 9.17) is 4.74 Å². The van der Waals surface area contributed by atoms with Gasteiger partial charge in [0, 0.05) is 42.2 Å². The number of carbonyl (C=O) groups excluding carboxylic acids is 2. The van der Waals surface area contributed by atoms with Crippen molar-refractivity contribution in [3.8, 4) is 5.75 Å². The summed E-state index contributed by atoms with van der Waals surface area (Å²) in [7, 11) is 2.17. The highest BCUT2D eigenvalue weighted by Crippen LogP contribution is 2.30. The van der Waals surface area contributed by atoms with Crippen LogP contribution in [-0.4, -0.2) is 72.3 Å². The van der Waals surface area contributed by atoms with Crippen molar-refractivity contribution in [3.63, 3.8) is 0 Å². The van der Waals surface area contributed by atoms with Gasteiger partial charge in [-0.2, -0.15) is 0 Å². The van der Waals surface area contributed by atoms with E-state index in [9.17, 15) is 14.7 Å². The average molecular weight is 587 g/mol. The molecule has 3 N–H and O–H groups in total. The van der Waals surface area contributed by atoms with E-state index in [1.165, 1.54) is 32.1 Å². The van der Waals surface area contributed by atoms with Gasteiger partial charge in [0.15, 0.2) is 0 Å². The number of aliphatic hydroxyl groups is 1. The molecule has 0 radical (unpaired) electrons. The zero-order valence-corrected chi connectivity index (χ0v) is 25.7. The Morgan fingerprint density at radius 2 is 1.81 bits per heavy atom. The Morgan fingerprint density at radius 1 is 1.05 bits per heavy atom. The van der Waals surface area contributed by atoms with Crippen LogP contribution >= 0.6 is 0 Å². The summed E-state index contributed by atoms with van der Waals surface area (Å²) in [6.45, 7) is 6.21. The number of carbonyl (C=O) groups is 2. The van der Waals surface area contributed by atoms with Gasteiger partial charge in [0.1, 0.15) is 11.9 Å². The Labute approximate surface area is 255 Å². The lowest BCUT2D eigenvalue weighted by Crippen LogP contribution is -2.48. The van der Waals surface area contributed by atoms with E-state index >= 15 is 0 Å². The summed E-state index contributed by atoms with van der Waals surface area (Å²) < 4.78 is 6.69. The minimum Gasteiger partial charge on any atom is -0.488 e. The molecule has 0 bridgehead atoms. The van der Waals surface area contributed by atoms with Crippen molar-refractivity contribution in [2.45, 2.75) is 64.5 Å². The Kier molecular flexibility index (Phi) is 10.2. The van der Waals surface area contributed by atoms with Gasteiger partial charge >= 0.3 is 6.03 Å². The fourth-order valence-electron chi connectivity index (χ4n) is 6.54. The molecule has 0 aromatic heterocycles. The van der Waals surface area contributed by atoms with E-state index in [1.54, 1.807) is 4.90 Å². The largest absolute Gasteiger partial charge is 0.488 e. The van der Waals surface area contributed by atoms with Gasteiger partial charge in [0.2, 0.25) is 5.91 Å². The second-order valence-corrected chi connectivity index (χ2v) is 12.5. The molecule has 5 rings (SSSR count). The highest BCUT2D eigenvalue weighted by atomic mass is 16.5. The van der Waals surface area contributed by atoms with Crippen LogP contribution in [0.5, 0.6) is 5.75 Å². The van der Waals surface area contributed by atoms with E-state index in [2.05, 4.69) is 29.5 Å². The normalized spacial score (nSPS) is 20.5. The molecule has 3 amide bonds. The number of urea groups is 1. The van der Waals surface area contributed by atoms with E-state index in [1.807, 2.05) is 67.6 Å². The summed E-state index contributed by atoms with van der Waals surface area (Å²) in [4.78, 5) is 30.8. The molecule has 1 aliphatic heterocycles. The third-order valence-corrected chi connectivity index (χ3v) is 9.00. The number of fused-ring (bicyclic) bond motifs is 2. The van der Waals surface area contributed by atoms with Crippen LogP contribution in [0.1, 0.15) is 51.5 Å². The summed E-state index contributed by atoms with van der Waals surface area (Å²) in [6.07, 6.45) is 6.53. The first-order chi connectivity index (χ1) is 20.8. The summed E-state index contributed by atoms with van der Waals surface area (Å²) in [5, 5.41) is 17.9. The Balaban J connectivity index is 1.35. The van der Waals surface area contributed by atoms with Crippen LogP contribution in [0.2, 0.25) is 0 Å². The summed E-state index contributed by atoms with van der Waals surface area (Å²) in [5.74, 6) is 1.38. The maximum atomic E-state index is 13.6. The quantitative estimate of drug-likeness (QED) is 0.295. The molecule has 8 nitrogen and oxygen atoms in total. The zero-order valence-electron chi connectivity index (χ0n) is 25.7. The number of benzene rings is 3. The topological polar surface area (TPSA) is 94.1 Å². The molecule has 3 atom stereocenters. The number of rotatable bonds is 8. The molecule has 1 heterocycles. The molecule has 0 saturated heterocycles. The Hall–Kier alpha value is -3.62. The number of nitrogens with zero attached hydrogens (tertiary/aromatic N) is 2. The SMILES string of the molecule is C[C@@H]1CN([C@@H](C)CO)C(=O)Cc2cc(NC(=O)Nc3cccc4ccccc34)ccc2O[C@H]1CN(C)CC1CCCCC1. The molecule has 43 heavy (non-hydrogen) atoms. The first-order valence-corrected chi connectivity index (χ1v) is 15.7. The first-order valence-electron chi connectivity index (χ1n) is 15.7. The predicted octanol–water partition coefficient (Wildman–Crippen LogP) is 6.14. The third-order valence-electron chi connectivity index (χ3n) is 9.00. The number of anilines is 2. The molecular formula is C35H46N4O4. The van der Waals surface area contributed by atoms with Crippen LogP contribution in [-0.2, 0) is 11.2 Å². The van der Waals surface area contributed by atoms with Gasteiger partial charge in [-0.05, 0) is 62.4 Å². The third kappa shape index (κ3) is 7.86. The standard InChI is InChI=1S/C35H46N4O4/c1-24-20-39(25(2)23-40)34(41)19-28-18-29(36-35(42)37-31-15-9-13-27-12-7-8-14-30(27)31)16-17-32(28)43-33(24)22-38(3)21-26-10-5-4-6-11-26/h7-9,12-18,24-26,33,40H,4-6,10-11,19-23H2,1-3H3,(H2,36,37,42)/t24-,25+,33+/m1/s1. The van der Waals surface area contributed by atoms with Crippen LogP contribution in [0.3, 0.4) is 0 Å². The minimum absolute atomic E-state index is 0.0574. The van der Waals surface area contributed by atoms with Crippen LogP contribution in [0, 0.1) is 11.8 Å². The van der Waals surface area contributed by atoms with Crippen molar-refractivity contribution >= 4 is 34.1 Å². The second-order valence-electron chi connectivity index (χ2n) is 12.5. The van der Waals surface area contributed by atoms with Gasteiger partial charge in [-0.25, -0.2) is 4.79 Å². The highest BCUT2D eigenvalue weighted by molar-refractivity contribution is 6.06. The number of hydrogen-bond donors (Lipinski definition) is 3. The molecule has 0 unspecified atom stereocenters. The van der Waals surface area contributed by atoms with Gasteiger partial charge in [0.25, 0.3) is 0 Å². The average Bonchev–Trinajstić information content (AvgIpc) is 3.04. The monoisotopic (exact) mass is 586 g/mol. The molecule has 230 valence electrons. The second kappa shape index (κ2) is 14.2. The molecule has 1 fully saturated rings. The summed E-state index contributed by atoms with van der Waals surface area (Å²) in [6, 6.07) is 18.6. The maximum Gasteiger partial charge on any atom is 0.323 e. The van der Waals surface area contributed by atoms with E-state index in [0.717, 1.165) is 41.0 Å². The number of hydrogen-bond acceptors (Lipinski definition) is 5. The van der Waals surface area contributed by atoms with Crippen molar-refractivity contribution in [2.24, 2.45) is 11.8 Å². The van der Waals surface area contributed by atoms with Gasteiger partial charge in [-0.3, -0.25) is 4.79 Å². The molecule has 2 aliphatic rings. The van der Waals surface area contributed by atoms with Crippen molar-refractivity contribution in [2.75, 3.05) is 43.9 Å². The van der Waals surface area contributed by atoms with Gasteiger partial charge in [-0.15, -0.1) is 0 Å². The van der Waals surface area contributed by atoms with Crippen LogP contribution in [0.15, 0.2) is 60.7 Å². The van der Waals surface area contributed by atoms with Crippen molar-refractivity contribution in [1.82, 2.24) is 9.80 Å². The summed E-state index contributed by atoms with van der Waals surface area (Å²) >= 11 is 0. The molecule has 0 spiro atoms. The van der Waals surface area contributed by atoms with Crippen molar-refractivity contribution in [1.29, 1.82) is 0 Å². The van der Waals surface area contributed by atoms with E-state index in [0.29, 0.717) is 18.0 Å². The van der Waals surface area contributed by atoms with Crippen LogP contribution in [0.4, 0.5) is 16.2 Å². The number of likely N-dealkylation sites (N-methyl/N-ethyl adjacent to an activating group) is 1. The molecule has 3 aromatic rings. The zero-order chi connectivity index (χ0) is 30.3. The highest BCUT2D eigenvalue weighted by Gasteiger charge is 2.31. The number of ether oxygens (including phenoxy) is 1. The Bertz CT molecular complexity index is 1400. The molecule has 1 aliphatic carbocycles. The van der Waals surface area contributed by atoms with Crippen LogP contribution < -0.4 is 15.4 Å². The number of nitrogens with one attached hydrogen (secondary N) is 2. The number of amides is 3. The van der Waals surface area contributed by atoms with Crippen molar-refractivity contribution in [3.05, 3.63) is 66.2 Å². The van der Waals surface area contributed by atoms with Gasteiger partial charge < -0.3 is 30.3 Å². The lowest BCUT2D eigenvalue weighted by atomic mass is 9.89. The first kappa shape index (κ1) is 30.8. The van der Waals surface area contributed by atoms with E-state index in [-0.39, 0.29) is 43.0 Å². The lowest BCUT2D eigenvalue weighted by Gasteiger charge is -2.35. The lowest BCUT2D eigenvalue weighted by molar-refractivity contribution is -0.134. The smallest absolute Gasteiger partial charge is 0.323 e. The predicted molar refractivity (Wildman–Crippen MR) is 173 cm³/mol. The fraction of sp³-hybridized carbons (Fsp3) is 0.486.